The quantitative estimate of drug-likeness (QED) is 0.409. The number of carbonyl (C=O) groups is 1. The highest BCUT2D eigenvalue weighted by atomic mass is 32.2. The fraction of sp³-hybridized carbons (Fsp3) is 0.462. The Morgan fingerprint density at radius 3 is 2.80 bits per heavy atom. The van der Waals surface area contributed by atoms with E-state index in [4.69, 9.17) is 0 Å². The second kappa shape index (κ2) is 6.67. The fourth-order valence-corrected chi connectivity index (χ4v) is 2.53. The monoisotopic (exact) mass is 222 g/mol. The Morgan fingerprint density at radius 2 is 2.13 bits per heavy atom. The zero-order valence-corrected chi connectivity index (χ0v) is 10.3. The van der Waals surface area contributed by atoms with Crippen LogP contribution >= 0.6 is 11.8 Å². The molecule has 2 heteroatoms. The standard InChI is InChI=1S/C13H18OS/c1-3-4-5-9-15-13-8-6-7-12(10-14)11(13)2/h6-8,10H,3-5,9H2,1-2H3. The van der Waals surface area contributed by atoms with Crippen LogP contribution in [0.25, 0.3) is 0 Å². The molecule has 0 atom stereocenters. The molecule has 0 N–H and O–H groups in total. The van der Waals surface area contributed by atoms with Gasteiger partial charge in [0.05, 0.1) is 0 Å². The summed E-state index contributed by atoms with van der Waals surface area (Å²) >= 11 is 1.86. The Kier molecular flexibility index (Phi) is 5.48. The van der Waals surface area contributed by atoms with Crippen LogP contribution in [0.5, 0.6) is 0 Å². The van der Waals surface area contributed by atoms with Crippen LogP contribution in [-0.4, -0.2) is 12.0 Å². The highest BCUT2D eigenvalue weighted by molar-refractivity contribution is 7.99. The van der Waals surface area contributed by atoms with Gasteiger partial charge in [-0.05, 0) is 30.7 Å². The van der Waals surface area contributed by atoms with Gasteiger partial charge in [-0.3, -0.25) is 4.79 Å². The van der Waals surface area contributed by atoms with Gasteiger partial charge in [-0.1, -0.05) is 31.9 Å². The third-order valence-corrected chi connectivity index (χ3v) is 3.70. The molecule has 0 aliphatic rings. The molecule has 0 aliphatic carbocycles. The number of unbranched alkanes of at least 4 members (excludes halogenated alkanes) is 2. The van der Waals surface area contributed by atoms with Crippen molar-refractivity contribution in [3.8, 4) is 0 Å². The van der Waals surface area contributed by atoms with Crippen LogP contribution in [0.15, 0.2) is 23.1 Å². The molecule has 0 amide bonds. The van der Waals surface area contributed by atoms with E-state index in [0.717, 1.165) is 23.2 Å². The van der Waals surface area contributed by atoms with Crippen molar-refractivity contribution in [2.75, 3.05) is 5.75 Å². The van der Waals surface area contributed by atoms with Crippen LogP contribution in [0.3, 0.4) is 0 Å². The molecule has 0 saturated heterocycles. The maximum atomic E-state index is 10.7. The molecule has 1 aromatic carbocycles. The van der Waals surface area contributed by atoms with E-state index >= 15 is 0 Å². The Bertz CT molecular complexity index is 320. The van der Waals surface area contributed by atoms with Gasteiger partial charge in [0.2, 0.25) is 0 Å². The Labute approximate surface area is 96.3 Å². The van der Waals surface area contributed by atoms with Crippen molar-refractivity contribution in [1.29, 1.82) is 0 Å². The number of hydrogen-bond donors (Lipinski definition) is 0. The van der Waals surface area contributed by atoms with Gasteiger partial charge in [-0.2, -0.15) is 0 Å². The summed E-state index contributed by atoms with van der Waals surface area (Å²) in [5, 5.41) is 0. The lowest BCUT2D eigenvalue weighted by Gasteiger charge is -2.06. The summed E-state index contributed by atoms with van der Waals surface area (Å²) in [5.41, 5.74) is 1.93. The topological polar surface area (TPSA) is 17.1 Å². The normalized spacial score (nSPS) is 10.3. The summed E-state index contributed by atoms with van der Waals surface area (Å²) in [6, 6.07) is 5.93. The predicted octanol–water partition coefficient (Wildman–Crippen LogP) is 4.09. The minimum Gasteiger partial charge on any atom is -0.298 e. The second-order valence-electron chi connectivity index (χ2n) is 3.64. The first kappa shape index (κ1) is 12.3. The molecule has 82 valence electrons. The van der Waals surface area contributed by atoms with Crippen LogP contribution in [0.1, 0.15) is 42.1 Å². The van der Waals surface area contributed by atoms with E-state index in [1.54, 1.807) is 0 Å². The van der Waals surface area contributed by atoms with Gasteiger partial charge in [0.15, 0.2) is 0 Å². The van der Waals surface area contributed by atoms with Gasteiger partial charge < -0.3 is 0 Å². The predicted molar refractivity (Wildman–Crippen MR) is 66.8 cm³/mol. The van der Waals surface area contributed by atoms with Crippen molar-refractivity contribution in [3.63, 3.8) is 0 Å². The van der Waals surface area contributed by atoms with E-state index in [9.17, 15) is 4.79 Å². The lowest BCUT2D eigenvalue weighted by Crippen LogP contribution is -1.89. The molecule has 15 heavy (non-hydrogen) atoms. The number of aldehydes is 1. The molecule has 0 saturated carbocycles. The van der Waals surface area contributed by atoms with Crippen LogP contribution in [0.4, 0.5) is 0 Å². The summed E-state index contributed by atoms with van der Waals surface area (Å²) in [5.74, 6) is 1.15. The highest BCUT2D eigenvalue weighted by Gasteiger charge is 2.02. The Morgan fingerprint density at radius 1 is 1.33 bits per heavy atom. The van der Waals surface area contributed by atoms with Gasteiger partial charge in [0.25, 0.3) is 0 Å². The van der Waals surface area contributed by atoms with Gasteiger partial charge in [-0.25, -0.2) is 0 Å². The smallest absolute Gasteiger partial charge is 0.150 e. The summed E-state index contributed by atoms with van der Waals surface area (Å²) in [4.78, 5) is 12.0. The Hall–Kier alpha value is -0.760. The molecule has 0 bridgehead atoms. The number of thioether (sulfide) groups is 1. The molecule has 1 nitrogen and oxygen atoms in total. The SMILES string of the molecule is CCCCCSc1cccc(C=O)c1C. The Balaban J connectivity index is 2.57. The van der Waals surface area contributed by atoms with Crippen molar-refractivity contribution in [2.24, 2.45) is 0 Å². The van der Waals surface area contributed by atoms with Crippen LogP contribution in [-0.2, 0) is 0 Å². The van der Waals surface area contributed by atoms with E-state index < -0.39 is 0 Å². The molecular weight excluding hydrogens is 204 g/mol. The lowest BCUT2D eigenvalue weighted by atomic mass is 10.1. The summed E-state index contributed by atoms with van der Waals surface area (Å²) in [7, 11) is 0. The largest absolute Gasteiger partial charge is 0.298 e. The highest BCUT2D eigenvalue weighted by Crippen LogP contribution is 2.25. The van der Waals surface area contributed by atoms with Gasteiger partial charge in [0.1, 0.15) is 6.29 Å². The molecule has 0 unspecified atom stereocenters. The number of rotatable bonds is 6. The molecule has 0 heterocycles. The van der Waals surface area contributed by atoms with E-state index in [1.165, 1.54) is 24.2 Å². The second-order valence-corrected chi connectivity index (χ2v) is 4.78. The number of carbonyl (C=O) groups excluding carboxylic acids is 1. The molecule has 1 rings (SSSR count). The average Bonchev–Trinajstić information content (AvgIpc) is 2.26. The minimum atomic E-state index is 0.815. The van der Waals surface area contributed by atoms with Crippen LogP contribution in [0.2, 0.25) is 0 Å². The molecule has 0 spiro atoms. The molecule has 0 aliphatic heterocycles. The van der Waals surface area contributed by atoms with Crippen molar-refractivity contribution in [1.82, 2.24) is 0 Å². The maximum absolute atomic E-state index is 10.7. The van der Waals surface area contributed by atoms with E-state index in [2.05, 4.69) is 13.0 Å². The van der Waals surface area contributed by atoms with Crippen molar-refractivity contribution in [3.05, 3.63) is 29.3 Å². The zero-order valence-electron chi connectivity index (χ0n) is 9.45. The van der Waals surface area contributed by atoms with E-state index in [-0.39, 0.29) is 0 Å². The number of hydrogen-bond acceptors (Lipinski definition) is 2. The summed E-state index contributed by atoms with van der Waals surface area (Å²) in [6.45, 7) is 4.23. The van der Waals surface area contributed by atoms with E-state index in [0.29, 0.717) is 0 Å². The lowest BCUT2D eigenvalue weighted by molar-refractivity contribution is 0.112. The first-order chi connectivity index (χ1) is 7.29. The third kappa shape index (κ3) is 3.71. The zero-order chi connectivity index (χ0) is 11.1. The van der Waals surface area contributed by atoms with Gasteiger partial charge in [-0.15, -0.1) is 11.8 Å². The molecule has 0 aromatic heterocycles. The van der Waals surface area contributed by atoms with Crippen molar-refractivity contribution >= 4 is 18.0 Å². The molecule has 1 aromatic rings. The third-order valence-electron chi connectivity index (χ3n) is 2.46. The summed E-state index contributed by atoms with van der Waals surface area (Å²) < 4.78 is 0. The molecule has 0 fully saturated rings. The van der Waals surface area contributed by atoms with Gasteiger partial charge >= 0.3 is 0 Å². The molecule has 0 radical (unpaired) electrons. The number of benzene rings is 1. The first-order valence-corrected chi connectivity index (χ1v) is 6.45. The van der Waals surface area contributed by atoms with Crippen LogP contribution < -0.4 is 0 Å². The van der Waals surface area contributed by atoms with Crippen molar-refractivity contribution in [2.45, 2.75) is 38.0 Å². The maximum Gasteiger partial charge on any atom is 0.150 e. The molecular formula is C13H18OS. The van der Waals surface area contributed by atoms with Crippen LogP contribution in [0, 0.1) is 6.92 Å². The average molecular weight is 222 g/mol. The first-order valence-electron chi connectivity index (χ1n) is 5.47. The van der Waals surface area contributed by atoms with E-state index in [1.807, 2.05) is 30.8 Å². The fourth-order valence-electron chi connectivity index (χ4n) is 1.45. The summed E-state index contributed by atoms with van der Waals surface area (Å²) in [6.07, 6.45) is 4.74. The van der Waals surface area contributed by atoms with Crippen molar-refractivity contribution < 1.29 is 4.79 Å². The van der Waals surface area contributed by atoms with Gasteiger partial charge in [0, 0.05) is 10.5 Å². The minimum absolute atomic E-state index is 0.815.